The summed E-state index contributed by atoms with van der Waals surface area (Å²) in [4.78, 5) is 72.6. The van der Waals surface area contributed by atoms with Gasteiger partial charge in [-0.3, -0.25) is 37.3 Å². The van der Waals surface area contributed by atoms with Gasteiger partial charge in [0.1, 0.15) is 19.3 Å². The molecule has 0 heterocycles. The van der Waals surface area contributed by atoms with E-state index in [9.17, 15) is 43.2 Å². The molecule has 0 radical (unpaired) electrons. The fourth-order valence-electron chi connectivity index (χ4n) is 12.0. The molecule has 0 fully saturated rings. The van der Waals surface area contributed by atoms with E-state index in [-0.39, 0.29) is 25.7 Å². The number of ether oxygens (including phenoxy) is 4. The van der Waals surface area contributed by atoms with Gasteiger partial charge in [-0.25, -0.2) is 9.13 Å². The molecule has 0 rings (SSSR count). The number of phosphoric ester groups is 2. The zero-order valence-corrected chi connectivity index (χ0v) is 65.3. The maximum atomic E-state index is 13.1. The Bertz CT molecular complexity index is 1890. The van der Waals surface area contributed by atoms with E-state index >= 15 is 0 Å². The number of phosphoric acid groups is 2. The van der Waals surface area contributed by atoms with E-state index in [1.54, 1.807) is 0 Å². The molecule has 0 spiro atoms. The largest absolute Gasteiger partial charge is 0.472 e. The highest BCUT2D eigenvalue weighted by Gasteiger charge is 2.30. The number of rotatable bonds is 76. The van der Waals surface area contributed by atoms with Crippen molar-refractivity contribution in [2.75, 3.05) is 39.6 Å². The summed E-state index contributed by atoms with van der Waals surface area (Å²) < 4.78 is 68.4. The van der Waals surface area contributed by atoms with E-state index < -0.39 is 97.5 Å². The number of unbranched alkanes of at least 4 members (excludes halogenated alkanes) is 44. The molecule has 97 heavy (non-hydrogen) atoms. The van der Waals surface area contributed by atoms with Crippen molar-refractivity contribution >= 4 is 39.5 Å². The number of aliphatic hydroxyl groups is 1. The van der Waals surface area contributed by atoms with Crippen molar-refractivity contribution in [1.82, 2.24) is 0 Å². The predicted octanol–water partition coefficient (Wildman–Crippen LogP) is 23.0. The number of carbonyl (C=O) groups is 4. The van der Waals surface area contributed by atoms with E-state index in [4.69, 9.17) is 37.0 Å². The standard InChI is InChI=1S/C78H152O17P2/c1-8-9-10-42-52-59-75(80)88-65-73(94-77(82)62-55-48-41-35-29-23-26-32-38-45-51-58-71(6)7)67-92-96(84,85)90-63-72(79)64-91-97(86,87)93-68-74(66-89-76(81)60-53-46-39-33-27-21-18-17-20-25-31-37-44-50-57-70(4)5)95-78(83)61-54-47-40-34-28-22-16-14-12-11-13-15-19-24-30-36-43-49-56-69(2)3/h69-74,79H,8-68H2,1-7H3,(H,84,85)(H,86,87)/t72-,73+,74+/m0/s1. The molecule has 0 saturated heterocycles. The van der Waals surface area contributed by atoms with E-state index in [0.717, 1.165) is 114 Å². The van der Waals surface area contributed by atoms with Crippen molar-refractivity contribution in [3.05, 3.63) is 0 Å². The average molecular weight is 1420 g/mol. The predicted molar refractivity (Wildman–Crippen MR) is 395 cm³/mol. The molecule has 17 nitrogen and oxygen atoms in total. The fraction of sp³-hybridized carbons (Fsp3) is 0.949. The minimum Gasteiger partial charge on any atom is -0.462 e. The molecule has 19 heteroatoms. The third-order valence-corrected chi connectivity index (χ3v) is 20.0. The van der Waals surface area contributed by atoms with E-state index in [0.29, 0.717) is 25.7 Å². The molecule has 576 valence electrons. The van der Waals surface area contributed by atoms with E-state index in [1.165, 1.54) is 205 Å². The molecular weight excluding hydrogens is 1270 g/mol. The molecule has 0 aliphatic carbocycles. The number of hydrogen-bond acceptors (Lipinski definition) is 15. The fourth-order valence-corrected chi connectivity index (χ4v) is 13.5. The molecular formula is C78H152O17P2. The normalized spacial score (nSPS) is 14.0. The second-order valence-electron chi connectivity index (χ2n) is 29.5. The van der Waals surface area contributed by atoms with E-state index in [1.807, 2.05) is 0 Å². The molecule has 0 aromatic heterocycles. The number of carbonyl (C=O) groups excluding carboxylic acids is 4. The highest BCUT2D eigenvalue weighted by Crippen LogP contribution is 2.45. The highest BCUT2D eigenvalue weighted by molar-refractivity contribution is 7.47. The Balaban J connectivity index is 5.13. The van der Waals surface area contributed by atoms with Crippen LogP contribution in [0.2, 0.25) is 0 Å². The summed E-state index contributed by atoms with van der Waals surface area (Å²) >= 11 is 0. The van der Waals surface area contributed by atoms with Crippen LogP contribution >= 0.6 is 15.6 Å². The Morgan fingerprint density at radius 2 is 0.474 bits per heavy atom. The smallest absolute Gasteiger partial charge is 0.462 e. The Kier molecular flexibility index (Phi) is 67.1. The van der Waals surface area contributed by atoms with Crippen LogP contribution in [0.5, 0.6) is 0 Å². The van der Waals surface area contributed by atoms with Gasteiger partial charge in [0, 0.05) is 25.7 Å². The zero-order chi connectivity index (χ0) is 71.6. The topological polar surface area (TPSA) is 237 Å². The first-order chi connectivity index (χ1) is 46.7. The summed E-state index contributed by atoms with van der Waals surface area (Å²) in [5.41, 5.74) is 0. The lowest BCUT2D eigenvalue weighted by Crippen LogP contribution is -2.30. The Morgan fingerprint density at radius 1 is 0.278 bits per heavy atom. The number of esters is 4. The monoisotopic (exact) mass is 1420 g/mol. The summed E-state index contributed by atoms with van der Waals surface area (Å²) in [7, 11) is -9.90. The van der Waals surface area contributed by atoms with Crippen LogP contribution in [-0.2, 0) is 65.4 Å². The zero-order valence-electron chi connectivity index (χ0n) is 63.5. The van der Waals surface area contributed by atoms with Gasteiger partial charge in [0.05, 0.1) is 26.4 Å². The van der Waals surface area contributed by atoms with Crippen LogP contribution in [0.15, 0.2) is 0 Å². The summed E-state index contributed by atoms with van der Waals surface area (Å²) in [5, 5.41) is 10.6. The van der Waals surface area contributed by atoms with Gasteiger partial charge in [0.2, 0.25) is 0 Å². The first-order valence-corrected chi connectivity index (χ1v) is 43.3. The summed E-state index contributed by atoms with van der Waals surface area (Å²) in [5.74, 6) is 0.259. The molecule has 0 aromatic carbocycles. The van der Waals surface area contributed by atoms with Crippen LogP contribution in [0.25, 0.3) is 0 Å². The highest BCUT2D eigenvalue weighted by atomic mass is 31.2. The lowest BCUT2D eigenvalue weighted by Gasteiger charge is -2.21. The average Bonchev–Trinajstić information content (AvgIpc) is 1.22. The summed E-state index contributed by atoms with van der Waals surface area (Å²) in [6, 6.07) is 0. The Morgan fingerprint density at radius 3 is 0.701 bits per heavy atom. The molecule has 0 aliphatic rings. The lowest BCUT2D eigenvalue weighted by molar-refractivity contribution is -0.161. The minimum atomic E-state index is -4.96. The second-order valence-corrected chi connectivity index (χ2v) is 32.4. The summed E-state index contributed by atoms with van der Waals surface area (Å²) in [6.45, 7) is 11.9. The quantitative estimate of drug-likeness (QED) is 0.0222. The third-order valence-electron chi connectivity index (χ3n) is 18.1. The van der Waals surface area contributed by atoms with Gasteiger partial charge < -0.3 is 33.8 Å². The maximum Gasteiger partial charge on any atom is 0.472 e. The molecule has 0 aromatic rings. The molecule has 0 aliphatic heterocycles. The van der Waals surface area contributed by atoms with Crippen molar-refractivity contribution in [1.29, 1.82) is 0 Å². The SMILES string of the molecule is CCCCCCCC(=O)OC[C@H](COP(=O)(O)OC[C@H](O)COP(=O)(O)OC[C@@H](COC(=O)CCCCCCCCCCCCCCCCC(C)C)OC(=O)CCCCCCCCCCCCCCCCCCCCC(C)C)OC(=O)CCCCCCCCCCCCCC(C)C. The van der Waals surface area contributed by atoms with Crippen molar-refractivity contribution < 1.29 is 80.2 Å². The molecule has 2 unspecified atom stereocenters. The van der Waals surface area contributed by atoms with Crippen LogP contribution in [0, 0.1) is 17.8 Å². The first-order valence-electron chi connectivity index (χ1n) is 40.3. The van der Waals surface area contributed by atoms with Crippen LogP contribution in [0.4, 0.5) is 0 Å². The molecule has 0 bridgehead atoms. The van der Waals surface area contributed by atoms with Gasteiger partial charge in [0.15, 0.2) is 12.2 Å². The Labute approximate surface area is 594 Å². The second kappa shape index (κ2) is 68.5. The van der Waals surface area contributed by atoms with Gasteiger partial charge in [-0.1, -0.05) is 350 Å². The molecule has 3 N–H and O–H groups in total. The molecule has 5 atom stereocenters. The minimum absolute atomic E-state index is 0.105. The first kappa shape index (κ1) is 95.1. The van der Waals surface area contributed by atoms with Crippen LogP contribution in [0.1, 0.15) is 402 Å². The number of hydrogen-bond donors (Lipinski definition) is 3. The molecule has 0 saturated carbocycles. The maximum absolute atomic E-state index is 13.1. The van der Waals surface area contributed by atoms with Gasteiger partial charge in [-0.15, -0.1) is 0 Å². The van der Waals surface area contributed by atoms with Crippen molar-refractivity contribution in [2.45, 2.75) is 420 Å². The molecule has 0 amide bonds. The van der Waals surface area contributed by atoms with E-state index in [2.05, 4.69) is 48.5 Å². The van der Waals surface area contributed by atoms with Crippen molar-refractivity contribution in [2.24, 2.45) is 17.8 Å². The Hall–Kier alpha value is -1.94. The third kappa shape index (κ3) is 72.2. The van der Waals surface area contributed by atoms with Gasteiger partial charge in [-0.2, -0.15) is 0 Å². The van der Waals surface area contributed by atoms with Gasteiger partial charge in [-0.05, 0) is 43.4 Å². The van der Waals surface area contributed by atoms with Crippen LogP contribution in [0.3, 0.4) is 0 Å². The van der Waals surface area contributed by atoms with Gasteiger partial charge >= 0.3 is 39.5 Å². The van der Waals surface area contributed by atoms with Crippen LogP contribution < -0.4 is 0 Å². The number of aliphatic hydroxyl groups excluding tert-OH is 1. The van der Waals surface area contributed by atoms with Crippen molar-refractivity contribution in [3.8, 4) is 0 Å². The van der Waals surface area contributed by atoms with Gasteiger partial charge in [0.25, 0.3) is 0 Å². The van der Waals surface area contributed by atoms with Crippen LogP contribution in [-0.4, -0.2) is 96.7 Å². The van der Waals surface area contributed by atoms with Crippen molar-refractivity contribution in [3.63, 3.8) is 0 Å². The lowest BCUT2D eigenvalue weighted by atomic mass is 10.0. The summed E-state index contributed by atoms with van der Waals surface area (Å²) in [6.07, 6.45) is 56.0.